The van der Waals surface area contributed by atoms with E-state index in [4.69, 9.17) is 9.47 Å². The van der Waals surface area contributed by atoms with Crippen LogP contribution in [0.25, 0.3) is 0 Å². The molecule has 1 amide bonds. The minimum absolute atomic E-state index is 0. The van der Waals surface area contributed by atoms with E-state index < -0.39 is 0 Å². The molecule has 1 atom stereocenters. The number of aromatic nitrogens is 1. The van der Waals surface area contributed by atoms with Gasteiger partial charge in [0.05, 0.1) is 12.5 Å². The van der Waals surface area contributed by atoms with E-state index in [-0.39, 0.29) is 31.1 Å². The number of ether oxygens (including phenoxy) is 2. The minimum atomic E-state index is 0. The maximum Gasteiger partial charge on any atom is 0.231 e. The molecule has 2 aromatic rings. The highest BCUT2D eigenvalue weighted by molar-refractivity contribution is 5.85. The summed E-state index contributed by atoms with van der Waals surface area (Å²) in [5, 5.41) is 3.36. The van der Waals surface area contributed by atoms with Gasteiger partial charge in [0.25, 0.3) is 0 Å². The van der Waals surface area contributed by atoms with Crippen molar-refractivity contribution >= 4 is 18.3 Å². The number of fused-ring (bicyclic) bond motifs is 1. The zero-order valence-corrected chi connectivity index (χ0v) is 14.5. The Labute approximate surface area is 152 Å². The maximum atomic E-state index is 12.9. The molecule has 0 aliphatic carbocycles. The Morgan fingerprint density at radius 1 is 1.28 bits per heavy atom. The number of nitrogens with zero attached hydrogens (tertiary/aromatic N) is 2. The van der Waals surface area contributed by atoms with Crippen molar-refractivity contribution in [2.75, 3.05) is 26.4 Å². The van der Waals surface area contributed by atoms with Crippen molar-refractivity contribution in [3.8, 4) is 11.5 Å². The van der Waals surface area contributed by atoms with Gasteiger partial charge < -0.3 is 19.7 Å². The molecule has 0 bridgehead atoms. The van der Waals surface area contributed by atoms with Crippen LogP contribution < -0.4 is 14.8 Å². The van der Waals surface area contributed by atoms with Crippen LogP contribution in [-0.4, -0.2) is 42.2 Å². The number of piperazine rings is 1. The third-order valence-corrected chi connectivity index (χ3v) is 4.43. The van der Waals surface area contributed by atoms with Gasteiger partial charge >= 0.3 is 0 Å². The summed E-state index contributed by atoms with van der Waals surface area (Å²) in [6.45, 7) is 2.50. The molecule has 0 saturated carbocycles. The van der Waals surface area contributed by atoms with Crippen LogP contribution in [0.15, 0.2) is 42.7 Å². The van der Waals surface area contributed by atoms with Gasteiger partial charge in [0.15, 0.2) is 11.5 Å². The van der Waals surface area contributed by atoms with Crippen molar-refractivity contribution in [2.24, 2.45) is 0 Å². The van der Waals surface area contributed by atoms with E-state index in [9.17, 15) is 4.79 Å². The molecule has 2 aliphatic rings. The summed E-state index contributed by atoms with van der Waals surface area (Å²) in [6, 6.07) is 9.62. The van der Waals surface area contributed by atoms with Crippen LogP contribution in [-0.2, 0) is 11.2 Å². The fourth-order valence-electron chi connectivity index (χ4n) is 3.20. The second-order valence-electron chi connectivity index (χ2n) is 5.96. The predicted molar refractivity (Wildman–Crippen MR) is 95.1 cm³/mol. The average Bonchev–Trinajstić information content (AvgIpc) is 3.10. The number of amides is 1. The molecule has 1 N–H and O–H groups in total. The fourth-order valence-corrected chi connectivity index (χ4v) is 3.20. The van der Waals surface area contributed by atoms with Crippen molar-refractivity contribution in [1.29, 1.82) is 0 Å². The molecule has 1 fully saturated rings. The van der Waals surface area contributed by atoms with Crippen molar-refractivity contribution in [2.45, 2.75) is 12.5 Å². The zero-order valence-electron chi connectivity index (χ0n) is 13.7. The van der Waals surface area contributed by atoms with E-state index in [0.29, 0.717) is 18.7 Å². The van der Waals surface area contributed by atoms with E-state index in [0.717, 1.165) is 30.0 Å². The highest BCUT2D eigenvalue weighted by Gasteiger charge is 2.28. The third kappa shape index (κ3) is 3.70. The van der Waals surface area contributed by atoms with Crippen molar-refractivity contribution < 1.29 is 14.3 Å². The van der Waals surface area contributed by atoms with Gasteiger partial charge in [0.1, 0.15) is 0 Å². The molecule has 0 spiro atoms. The van der Waals surface area contributed by atoms with Crippen LogP contribution in [0.3, 0.4) is 0 Å². The molecule has 7 heteroatoms. The van der Waals surface area contributed by atoms with Crippen LogP contribution in [0.1, 0.15) is 17.2 Å². The van der Waals surface area contributed by atoms with E-state index in [1.807, 2.05) is 41.4 Å². The largest absolute Gasteiger partial charge is 0.454 e. The number of pyridine rings is 1. The summed E-state index contributed by atoms with van der Waals surface area (Å²) in [5.74, 6) is 1.57. The Kier molecular flexibility index (Phi) is 5.40. The second-order valence-corrected chi connectivity index (χ2v) is 5.96. The first-order valence-electron chi connectivity index (χ1n) is 8.10. The van der Waals surface area contributed by atoms with Gasteiger partial charge in [-0.1, -0.05) is 12.1 Å². The second kappa shape index (κ2) is 7.72. The number of carbonyl (C=O) groups is 1. The lowest BCUT2D eigenvalue weighted by atomic mass is 10.0. The fraction of sp³-hybridized carbons (Fsp3) is 0.333. The van der Waals surface area contributed by atoms with Gasteiger partial charge in [-0.05, 0) is 29.3 Å². The summed E-state index contributed by atoms with van der Waals surface area (Å²) in [5.41, 5.74) is 2.00. The summed E-state index contributed by atoms with van der Waals surface area (Å²) in [7, 11) is 0. The Morgan fingerprint density at radius 3 is 3.00 bits per heavy atom. The molecule has 1 saturated heterocycles. The van der Waals surface area contributed by atoms with Gasteiger partial charge in [0.2, 0.25) is 12.7 Å². The minimum Gasteiger partial charge on any atom is -0.454 e. The summed E-state index contributed by atoms with van der Waals surface area (Å²) < 4.78 is 10.7. The van der Waals surface area contributed by atoms with Crippen LogP contribution in [0.2, 0.25) is 0 Å². The zero-order chi connectivity index (χ0) is 16.4. The van der Waals surface area contributed by atoms with E-state index >= 15 is 0 Å². The number of nitrogens with one attached hydrogen (secondary N) is 1. The number of halogens is 1. The molecule has 1 aromatic heterocycles. The molecule has 6 nitrogen and oxygen atoms in total. The number of hydrogen-bond donors (Lipinski definition) is 1. The van der Waals surface area contributed by atoms with Gasteiger partial charge in [0, 0.05) is 32.0 Å². The van der Waals surface area contributed by atoms with Gasteiger partial charge in [-0.3, -0.25) is 9.78 Å². The van der Waals surface area contributed by atoms with Crippen LogP contribution >= 0.6 is 12.4 Å². The molecule has 1 unspecified atom stereocenters. The maximum absolute atomic E-state index is 12.9. The molecule has 2 aliphatic heterocycles. The first-order valence-corrected chi connectivity index (χ1v) is 8.10. The normalized spacial score (nSPS) is 18.6. The molecule has 3 heterocycles. The lowest BCUT2D eigenvalue weighted by Crippen LogP contribution is -2.49. The average molecular weight is 362 g/mol. The molecule has 1 aromatic carbocycles. The lowest BCUT2D eigenvalue weighted by molar-refractivity contribution is -0.133. The van der Waals surface area contributed by atoms with E-state index in [1.165, 1.54) is 0 Å². The first-order chi connectivity index (χ1) is 11.8. The highest BCUT2D eigenvalue weighted by atomic mass is 35.5. The molecule has 4 rings (SSSR count). The van der Waals surface area contributed by atoms with E-state index in [1.54, 1.807) is 6.20 Å². The summed E-state index contributed by atoms with van der Waals surface area (Å²) in [6.07, 6.45) is 3.93. The molecule has 0 radical (unpaired) electrons. The smallest absolute Gasteiger partial charge is 0.231 e. The third-order valence-electron chi connectivity index (χ3n) is 4.43. The number of hydrogen-bond acceptors (Lipinski definition) is 5. The standard InChI is InChI=1S/C18H19N3O3.ClH/c22-18(9-13-3-4-16-17(8-13)24-12-23-16)21-7-6-20-11-15(21)14-2-1-5-19-10-14;/h1-5,8,10,15,20H,6-7,9,11-12H2;1H. The number of rotatable bonds is 3. The SMILES string of the molecule is Cl.O=C(Cc1ccc2c(c1)OCO2)N1CCNCC1c1cccnc1. The van der Waals surface area contributed by atoms with Gasteiger partial charge in [-0.2, -0.15) is 0 Å². The van der Waals surface area contributed by atoms with E-state index in [2.05, 4.69) is 10.3 Å². The Hall–Kier alpha value is -2.31. The number of carbonyl (C=O) groups excluding carboxylic acids is 1. The van der Waals surface area contributed by atoms with Crippen molar-refractivity contribution in [3.05, 3.63) is 53.9 Å². The highest BCUT2D eigenvalue weighted by Crippen LogP contribution is 2.33. The topological polar surface area (TPSA) is 63.7 Å². The molecular weight excluding hydrogens is 342 g/mol. The summed E-state index contributed by atoms with van der Waals surface area (Å²) >= 11 is 0. The Bertz CT molecular complexity index is 742. The Balaban J connectivity index is 0.00000182. The van der Waals surface area contributed by atoms with Crippen molar-refractivity contribution in [3.63, 3.8) is 0 Å². The van der Waals surface area contributed by atoms with Gasteiger partial charge in [-0.15, -0.1) is 12.4 Å². The van der Waals surface area contributed by atoms with Crippen molar-refractivity contribution in [1.82, 2.24) is 15.2 Å². The van der Waals surface area contributed by atoms with Crippen LogP contribution in [0.5, 0.6) is 11.5 Å². The number of benzene rings is 1. The van der Waals surface area contributed by atoms with Crippen LogP contribution in [0.4, 0.5) is 0 Å². The molecule has 25 heavy (non-hydrogen) atoms. The first kappa shape index (κ1) is 17.5. The molecular formula is C18H20ClN3O3. The van der Waals surface area contributed by atoms with Gasteiger partial charge in [-0.25, -0.2) is 0 Å². The molecule has 132 valence electrons. The predicted octanol–water partition coefficient (Wildman–Crippen LogP) is 1.95. The monoisotopic (exact) mass is 361 g/mol. The van der Waals surface area contributed by atoms with Crippen LogP contribution in [0, 0.1) is 0 Å². The lowest BCUT2D eigenvalue weighted by Gasteiger charge is -2.36. The summed E-state index contributed by atoms with van der Waals surface area (Å²) in [4.78, 5) is 19.0. The quantitative estimate of drug-likeness (QED) is 0.905. The Morgan fingerprint density at radius 2 is 2.16 bits per heavy atom.